The molecule has 3 aromatic rings. The molecule has 1 aromatic carbocycles. The number of nitrogens with zero attached hydrogens (tertiary/aromatic N) is 2. The molecule has 7 nitrogen and oxygen atoms in total. The van der Waals surface area contributed by atoms with Gasteiger partial charge in [-0.05, 0) is 18.6 Å². The van der Waals surface area contributed by atoms with E-state index in [-0.39, 0.29) is 12.2 Å². The van der Waals surface area contributed by atoms with Gasteiger partial charge in [0.25, 0.3) is 5.91 Å². The molecule has 2 aliphatic heterocycles. The Balaban J connectivity index is 1.33. The van der Waals surface area contributed by atoms with Crippen molar-refractivity contribution in [2.24, 2.45) is 5.92 Å². The van der Waals surface area contributed by atoms with E-state index in [1.807, 2.05) is 36.4 Å². The first-order valence-corrected chi connectivity index (χ1v) is 10.9. The number of hydrogen-bond acceptors (Lipinski definition) is 5. The second kappa shape index (κ2) is 8.61. The highest BCUT2D eigenvalue weighted by molar-refractivity contribution is 5.97. The third-order valence-corrected chi connectivity index (χ3v) is 5.84. The number of rotatable bonds is 5. The summed E-state index contributed by atoms with van der Waals surface area (Å²) in [6.45, 7) is 4.32. The van der Waals surface area contributed by atoms with E-state index in [1.165, 1.54) is 0 Å². The largest absolute Gasteiger partial charge is 0.356 e. The van der Waals surface area contributed by atoms with Gasteiger partial charge in [-0.1, -0.05) is 37.6 Å². The van der Waals surface area contributed by atoms with Crippen LogP contribution < -0.4 is 5.32 Å². The number of carbonyl (C=O) groups is 1. The summed E-state index contributed by atoms with van der Waals surface area (Å²) in [5.74, 6) is 1.08. The van der Waals surface area contributed by atoms with Gasteiger partial charge in [-0.25, -0.2) is 9.97 Å². The van der Waals surface area contributed by atoms with Crippen LogP contribution in [-0.4, -0.2) is 40.6 Å². The van der Waals surface area contributed by atoms with E-state index >= 15 is 0 Å². The van der Waals surface area contributed by atoms with Gasteiger partial charge in [0.05, 0.1) is 30.2 Å². The van der Waals surface area contributed by atoms with E-state index in [0.717, 1.165) is 60.7 Å². The Morgan fingerprint density at radius 2 is 1.94 bits per heavy atom. The average molecular weight is 418 g/mol. The molecule has 2 N–H and O–H groups in total. The molecule has 0 spiro atoms. The monoisotopic (exact) mass is 418 g/mol. The Hall–Kier alpha value is -3.03. The van der Waals surface area contributed by atoms with Gasteiger partial charge in [0.15, 0.2) is 12.1 Å². The second-order valence-corrected chi connectivity index (χ2v) is 8.12. The predicted octanol–water partition coefficient (Wildman–Crippen LogP) is 3.89. The number of H-pyrrole nitrogens is 1. The van der Waals surface area contributed by atoms with Crippen LogP contribution in [-0.2, 0) is 15.9 Å². The Morgan fingerprint density at radius 1 is 1.13 bits per heavy atom. The van der Waals surface area contributed by atoms with Crippen LogP contribution in [0.4, 0.5) is 0 Å². The first-order chi connectivity index (χ1) is 15.2. The second-order valence-electron chi connectivity index (χ2n) is 8.12. The molecule has 4 heterocycles. The van der Waals surface area contributed by atoms with E-state index < -0.39 is 0 Å². The van der Waals surface area contributed by atoms with Gasteiger partial charge >= 0.3 is 0 Å². The lowest BCUT2D eigenvalue weighted by atomic mass is 10.0. The fraction of sp³-hybridized carbons (Fsp3) is 0.375. The molecule has 2 aromatic heterocycles. The van der Waals surface area contributed by atoms with Crippen LogP contribution in [0, 0.1) is 5.92 Å². The lowest BCUT2D eigenvalue weighted by Crippen LogP contribution is -2.31. The van der Waals surface area contributed by atoms with Crippen molar-refractivity contribution in [2.45, 2.75) is 32.5 Å². The van der Waals surface area contributed by atoms with Crippen molar-refractivity contribution in [3.8, 4) is 22.8 Å². The molecule has 1 amide bonds. The minimum Gasteiger partial charge on any atom is -0.356 e. The lowest BCUT2D eigenvalue weighted by molar-refractivity contribution is -0.206. The quantitative estimate of drug-likeness (QED) is 0.656. The van der Waals surface area contributed by atoms with Gasteiger partial charge in [-0.15, -0.1) is 0 Å². The minimum atomic E-state index is -0.314. The van der Waals surface area contributed by atoms with Crippen LogP contribution >= 0.6 is 0 Å². The van der Waals surface area contributed by atoms with Crippen LogP contribution in [0.2, 0.25) is 0 Å². The molecule has 0 saturated carbocycles. The average Bonchev–Trinajstić information content (AvgIpc) is 3.26. The van der Waals surface area contributed by atoms with Crippen molar-refractivity contribution < 1.29 is 14.3 Å². The van der Waals surface area contributed by atoms with Crippen LogP contribution in [0.25, 0.3) is 22.8 Å². The molecule has 0 aliphatic carbocycles. The fourth-order valence-corrected chi connectivity index (χ4v) is 4.18. The Labute approximate surface area is 181 Å². The van der Waals surface area contributed by atoms with Crippen molar-refractivity contribution in [1.82, 2.24) is 20.3 Å². The first kappa shape index (κ1) is 19.9. The lowest BCUT2D eigenvalue weighted by Gasteiger charge is -2.29. The number of ether oxygens (including phenoxy) is 2. The van der Waals surface area contributed by atoms with Gasteiger partial charge in [-0.3, -0.25) is 4.79 Å². The summed E-state index contributed by atoms with van der Waals surface area (Å²) in [7, 11) is 0. The van der Waals surface area contributed by atoms with Crippen molar-refractivity contribution in [3.05, 3.63) is 59.4 Å². The van der Waals surface area contributed by atoms with E-state index in [4.69, 9.17) is 14.5 Å². The molecule has 7 heteroatoms. The van der Waals surface area contributed by atoms with Gasteiger partial charge in [0, 0.05) is 41.9 Å². The molecule has 1 fully saturated rings. The molecule has 5 rings (SSSR count). The smallest absolute Gasteiger partial charge is 0.253 e. The summed E-state index contributed by atoms with van der Waals surface area (Å²) < 4.78 is 11.8. The number of hydrogen-bond donors (Lipinski definition) is 2. The molecule has 31 heavy (non-hydrogen) atoms. The van der Waals surface area contributed by atoms with E-state index in [9.17, 15) is 4.79 Å². The van der Waals surface area contributed by atoms with Crippen molar-refractivity contribution in [1.29, 1.82) is 0 Å². The number of nitrogens with one attached hydrogen (secondary N) is 2. The maximum Gasteiger partial charge on any atom is 0.253 e. The molecule has 0 unspecified atom stereocenters. The topological polar surface area (TPSA) is 89.1 Å². The molecular weight excluding hydrogens is 392 g/mol. The van der Waals surface area contributed by atoms with E-state index in [1.54, 1.807) is 6.20 Å². The molecular formula is C24H26N4O3. The summed E-state index contributed by atoms with van der Waals surface area (Å²) in [5, 5.41) is 2.87. The van der Waals surface area contributed by atoms with Crippen molar-refractivity contribution in [2.75, 3.05) is 19.8 Å². The number of aromatic amines is 1. The zero-order valence-electron chi connectivity index (χ0n) is 17.6. The maximum atomic E-state index is 12.0. The number of benzene rings is 1. The number of fused-ring (bicyclic) bond motifs is 1. The third kappa shape index (κ3) is 4.11. The maximum absolute atomic E-state index is 12.0. The summed E-state index contributed by atoms with van der Waals surface area (Å²) in [6, 6.07) is 11.7. The molecule has 0 atom stereocenters. The highest BCUT2D eigenvalue weighted by atomic mass is 16.7. The van der Waals surface area contributed by atoms with Gasteiger partial charge < -0.3 is 19.8 Å². The number of aromatic nitrogens is 3. The van der Waals surface area contributed by atoms with Crippen molar-refractivity contribution >= 4 is 5.91 Å². The van der Waals surface area contributed by atoms with E-state index in [2.05, 4.69) is 22.2 Å². The highest BCUT2D eigenvalue weighted by Gasteiger charge is 2.23. The zero-order chi connectivity index (χ0) is 21.2. The predicted molar refractivity (Wildman–Crippen MR) is 116 cm³/mol. The van der Waals surface area contributed by atoms with Crippen LogP contribution in [0.1, 0.15) is 47.7 Å². The molecule has 160 valence electrons. The highest BCUT2D eigenvalue weighted by Crippen LogP contribution is 2.29. The van der Waals surface area contributed by atoms with Gasteiger partial charge in [0.2, 0.25) is 0 Å². The van der Waals surface area contributed by atoms with Gasteiger partial charge in [-0.2, -0.15) is 0 Å². The standard InChI is InChI=1S/C24H26N4O3/c1-2-3-15-13-30-24(31-14-15)17-6-4-16(5-7-17)22-25-10-9-20(28-22)21-12-18-19(27-21)8-11-26-23(18)29/h4-7,9-10,12,15,24,27H,2-3,8,11,13-14H2,1H3,(H,26,29). The number of amides is 1. The first-order valence-electron chi connectivity index (χ1n) is 10.9. The molecule has 0 bridgehead atoms. The number of carbonyl (C=O) groups excluding carboxylic acids is 1. The molecule has 0 radical (unpaired) electrons. The summed E-state index contributed by atoms with van der Waals surface area (Å²) in [6.07, 6.45) is 4.50. The summed E-state index contributed by atoms with van der Waals surface area (Å²) in [5.41, 5.74) is 5.15. The third-order valence-electron chi connectivity index (χ3n) is 5.84. The fourth-order valence-electron chi connectivity index (χ4n) is 4.18. The Kier molecular flexibility index (Phi) is 5.53. The van der Waals surface area contributed by atoms with Crippen LogP contribution in [0.15, 0.2) is 42.6 Å². The Bertz CT molecular complexity index is 1070. The normalized spacial score (nSPS) is 20.9. The SMILES string of the molecule is CCCC1COC(c2ccc(-c3nccc(-c4cc5c([nH]4)CCNC5=O)n3)cc2)OC1. The summed E-state index contributed by atoms with van der Waals surface area (Å²) >= 11 is 0. The molecule has 1 saturated heterocycles. The molecule has 2 aliphatic rings. The Morgan fingerprint density at radius 3 is 2.68 bits per heavy atom. The van der Waals surface area contributed by atoms with Crippen LogP contribution in [0.5, 0.6) is 0 Å². The van der Waals surface area contributed by atoms with Crippen molar-refractivity contribution in [3.63, 3.8) is 0 Å². The van der Waals surface area contributed by atoms with E-state index in [0.29, 0.717) is 23.9 Å². The minimum absolute atomic E-state index is 0.0400. The zero-order valence-corrected chi connectivity index (χ0v) is 17.6. The van der Waals surface area contributed by atoms with Crippen LogP contribution in [0.3, 0.4) is 0 Å². The summed E-state index contributed by atoms with van der Waals surface area (Å²) in [4.78, 5) is 24.5. The van der Waals surface area contributed by atoms with Gasteiger partial charge in [0.1, 0.15) is 0 Å².